The summed E-state index contributed by atoms with van der Waals surface area (Å²) in [6, 6.07) is -4.87. The van der Waals surface area contributed by atoms with E-state index in [-0.39, 0.29) is 0 Å². The standard InChI is InChI=1S/2C6H14N2O2.2C4H9NO3.C3H7NO3/c2*7-4-2-1-3-5(8)6(9)10;2*1-2(6)3(5)4(7)8;4-2(1-5)3(6)7/h2*5H,1-4,7-8H2,(H,9,10);2*2-3,6H,5H2,1H3,(H,7,8);2,5H,1,4H2,(H,6,7). The van der Waals surface area contributed by atoms with Crippen LogP contribution in [0.25, 0.3) is 0 Å². The second-order valence-corrected chi connectivity index (χ2v) is 8.79. The first-order chi connectivity index (χ1) is 19.6. The van der Waals surface area contributed by atoms with Crippen LogP contribution in [0.5, 0.6) is 0 Å². The molecule has 7 unspecified atom stereocenters. The molecule has 0 aromatic heterocycles. The molecule has 0 radical (unpaired) electrons. The first kappa shape index (κ1) is 49.6. The average Bonchev–Trinajstić information content (AvgIpc) is 2.92. The van der Waals surface area contributed by atoms with Crippen LogP contribution in [0, 0.1) is 0 Å². The van der Waals surface area contributed by atoms with E-state index < -0.39 is 78.9 Å². The fraction of sp³-hybridized carbons (Fsp3) is 0.783. The summed E-state index contributed by atoms with van der Waals surface area (Å²) in [6.07, 6.45) is 2.37. The van der Waals surface area contributed by atoms with Crippen molar-refractivity contribution in [3.63, 3.8) is 0 Å². The second kappa shape index (κ2) is 31.9. The van der Waals surface area contributed by atoms with Crippen LogP contribution in [-0.4, -0.2) is 133 Å². The number of aliphatic hydroxyl groups is 3. The van der Waals surface area contributed by atoms with E-state index in [0.29, 0.717) is 25.9 Å². The summed E-state index contributed by atoms with van der Waals surface area (Å²) in [5.41, 5.74) is 35.4. The fourth-order valence-electron chi connectivity index (χ4n) is 1.75. The molecule has 20 heteroatoms. The van der Waals surface area contributed by atoms with Crippen LogP contribution in [0.2, 0.25) is 0 Å². The molecule has 0 rings (SSSR count). The minimum absolute atomic E-state index is 0.505. The Bertz CT molecular complexity index is 696. The molecular formula is C23H53N7O13. The maximum Gasteiger partial charge on any atom is 0.323 e. The molecule has 0 aromatic rings. The van der Waals surface area contributed by atoms with E-state index in [1.54, 1.807) is 0 Å². The summed E-state index contributed by atoms with van der Waals surface area (Å²) < 4.78 is 0. The fourth-order valence-corrected chi connectivity index (χ4v) is 1.75. The third kappa shape index (κ3) is 39.0. The summed E-state index contributed by atoms with van der Waals surface area (Å²) in [6.45, 7) is 3.37. The van der Waals surface area contributed by atoms with Gasteiger partial charge in [0.1, 0.15) is 30.2 Å². The summed E-state index contributed by atoms with van der Waals surface area (Å²) in [5.74, 6) is -5.41. The maximum absolute atomic E-state index is 10.1. The minimum atomic E-state index is -1.18. The van der Waals surface area contributed by atoms with Gasteiger partial charge >= 0.3 is 29.8 Å². The van der Waals surface area contributed by atoms with Gasteiger partial charge < -0.3 is 81.0 Å². The van der Waals surface area contributed by atoms with Gasteiger partial charge in [-0.2, -0.15) is 0 Å². The summed E-state index contributed by atoms with van der Waals surface area (Å²) in [4.78, 5) is 49.6. The second-order valence-electron chi connectivity index (χ2n) is 8.79. The van der Waals surface area contributed by atoms with Gasteiger partial charge in [0.2, 0.25) is 0 Å². The lowest BCUT2D eigenvalue weighted by molar-refractivity contribution is -0.141. The van der Waals surface area contributed by atoms with Gasteiger partial charge in [0.05, 0.1) is 18.8 Å². The number of aliphatic carboxylic acids is 5. The smallest absolute Gasteiger partial charge is 0.323 e. The van der Waals surface area contributed by atoms with Crippen LogP contribution >= 0.6 is 0 Å². The lowest BCUT2D eigenvalue weighted by atomic mass is 10.1. The van der Waals surface area contributed by atoms with E-state index in [0.717, 1.165) is 25.7 Å². The lowest BCUT2D eigenvalue weighted by Gasteiger charge is -2.07. The lowest BCUT2D eigenvalue weighted by Crippen LogP contribution is -2.39. The van der Waals surface area contributed by atoms with Crippen LogP contribution in [0.4, 0.5) is 0 Å². The zero-order valence-corrected chi connectivity index (χ0v) is 24.6. The van der Waals surface area contributed by atoms with Gasteiger partial charge in [0, 0.05) is 0 Å². The third-order valence-electron chi connectivity index (χ3n) is 4.70. The van der Waals surface area contributed by atoms with Gasteiger partial charge in [0.25, 0.3) is 0 Å². The van der Waals surface area contributed by atoms with Crippen LogP contribution in [-0.2, 0) is 24.0 Å². The normalized spacial score (nSPS) is 14.7. The highest BCUT2D eigenvalue weighted by atomic mass is 16.4. The van der Waals surface area contributed by atoms with Crippen LogP contribution in [0.3, 0.4) is 0 Å². The summed E-state index contributed by atoms with van der Waals surface area (Å²) in [5, 5.41) is 65.7. The number of hydrogen-bond donors (Lipinski definition) is 15. The van der Waals surface area contributed by atoms with E-state index in [9.17, 15) is 24.0 Å². The number of hydrogen-bond acceptors (Lipinski definition) is 15. The predicted molar refractivity (Wildman–Crippen MR) is 154 cm³/mol. The third-order valence-corrected chi connectivity index (χ3v) is 4.70. The molecule has 0 aromatic carbocycles. The molecule has 0 saturated carbocycles. The Balaban J connectivity index is -0.000000141. The highest BCUT2D eigenvalue weighted by Gasteiger charge is 2.17. The molecule has 7 atom stereocenters. The maximum atomic E-state index is 10.1. The highest BCUT2D eigenvalue weighted by Crippen LogP contribution is 1.97. The van der Waals surface area contributed by atoms with Crippen molar-refractivity contribution in [1.82, 2.24) is 0 Å². The summed E-state index contributed by atoms with van der Waals surface area (Å²) >= 11 is 0. The number of nitrogens with two attached hydrogens (primary N) is 7. The van der Waals surface area contributed by atoms with Crippen molar-refractivity contribution in [2.75, 3.05) is 19.7 Å². The Kier molecular flexibility index (Phi) is 36.8. The summed E-state index contributed by atoms with van der Waals surface area (Å²) in [7, 11) is 0. The van der Waals surface area contributed by atoms with Gasteiger partial charge in [-0.15, -0.1) is 0 Å². The van der Waals surface area contributed by atoms with Crippen LogP contribution in [0.1, 0.15) is 52.4 Å². The molecule has 258 valence electrons. The number of aliphatic hydroxyl groups excluding tert-OH is 3. The van der Waals surface area contributed by atoms with Crippen LogP contribution < -0.4 is 40.1 Å². The molecule has 20 nitrogen and oxygen atoms in total. The molecule has 0 bridgehead atoms. The molecule has 0 spiro atoms. The number of unbranched alkanes of at least 4 members (excludes halogenated alkanes) is 2. The molecule has 0 amide bonds. The molecule has 0 fully saturated rings. The zero-order valence-electron chi connectivity index (χ0n) is 24.6. The van der Waals surface area contributed by atoms with E-state index in [1.807, 2.05) is 0 Å². The van der Waals surface area contributed by atoms with Gasteiger partial charge in [-0.1, -0.05) is 12.8 Å². The Morgan fingerprint density at radius 3 is 0.860 bits per heavy atom. The first-order valence-electron chi connectivity index (χ1n) is 12.9. The van der Waals surface area contributed by atoms with E-state index in [2.05, 4.69) is 0 Å². The quantitative estimate of drug-likeness (QED) is 0.0705. The predicted octanol–water partition coefficient (Wildman–Crippen LogP) is -5.00. The molecule has 43 heavy (non-hydrogen) atoms. The van der Waals surface area contributed by atoms with Crippen molar-refractivity contribution in [3.8, 4) is 0 Å². The zero-order chi connectivity index (χ0) is 35.3. The van der Waals surface area contributed by atoms with Crippen molar-refractivity contribution in [2.24, 2.45) is 40.1 Å². The van der Waals surface area contributed by atoms with E-state index >= 15 is 0 Å². The van der Waals surface area contributed by atoms with Crippen molar-refractivity contribution in [1.29, 1.82) is 0 Å². The van der Waals surface area contributed by atoms with Gasteiger partial charge in [-0.25, -0.2) is 0 Å². The number of carboxylic acid groups (broad SMARTS) is 5. The highest BCUT2D eigenvalue weighted by molar-refractivity contribution is 5.74. The molecule has 0 saturated heterocycles. The SMILES string of the molecule is CC(O)C(N)C(=O)O.CC(O)C(N)C(=O)O.NC(CO)C(=O)O.NCCCCC(N)C(=O)O.NCCCCC(N)C(=O)O. The van der Waals surface area contributed by atoms with Gasteiger partial charge in [-0.05, 0) is 52.6 Å². The van der Waals surface area contributed by atoms with Crippen molar-refractivity contribution in [2.45, 2.75) is 94.8 Å². The molecule has 22 N–H and O–H groups in total. The molecule has 0 heterocycles. The Labute approximate surface area is 249 Å². The molecular weight excluding hydrogens is 582 g/mol. The largest absolute Gasteiger partial charge is 0.480 e. The van der Waals surface area contributed by atoms with Gasteiger partial charge in [0.15, 0.2) is 0 Å². The topological polar surface area (TPSA) is 429 Å². The number of rotatable bonds is 16. The van der Waals surface area contributed by atoms with Crippen molar-refractivity contribution < 1.29 is 64.8 Å². The first-order valence-corrected chi connectivity index (χ1v) is 12.9. The van der Waals surface area contributed by atoms with E-state index in [1.165, 1.54) is 13.8 Å². The average molecular weight is 636 g/mol. The Morgan fingerprint density at radius 1 is 0.512 bits per heavy atom. The molecule has 0 aliphatic rings. The number of carboxylic acids is 5. The Hall–Kier alpha value is -3.05. The number of carbonyl (C=O) groups is 5. The van der Waals surface area contributed by atoms with E-state index in [4.69, 9.17) is 81.0 Å². The molecule has 0 aliphatic heterocycles. The van der Waals surface area contributed by atoms with Crippen molar-refractivity contribution >= 4 is 29.8 Å². The monoisotopic (exact) mass is 635 g/mol. The van der Waals surface area contributed by atoms with Crippen molar-refractivity contribution in [3.05, 3.63) is 0 Å². The molecule has 0 aliphatic carbocycles. The van der Waals surface area contributed by atoms with Gasteiger partial charge in [-0.3, -0.25) is 24.0 Å². The Morgan fingerprint density at radius 2 is 0.767 bits per heavy atom. The van der Waals surface area contributed by atoms with Crippen LogP contribution in [0.15, 0.2) is 0 Å². The minimum Gasteiger partial charge on any atom is -0.480 e.